The molecule has 2 heterocycles. The van der Waals surface area contributed by atoms with Crippen LogP contribution in [0.5, 0.6) is 0 Å². The van der Waals surface area contributed by atoms with Crippen LogP contribution in [0.4, 0.5) is 0 Å². The van der Waals surface area contributed by atoms with Gasteiger partial charge in [0.2, 0.25) is 0 Å². The minimum absolute atomic E-state index is 0. The maximum absolute atomic E-state index is 4.60. The zero-order valence-corrected chi connectivity index (χ0v) is 9.70. The lowest BCUT2D eigenvalue weighted by Crippen LogP contribution is -2.28. The largest absolute Gasteiger partial charge is 0.309 e. The van der Waals surface area contributed by atoms with Crippen LogP contribution in [0.3, 0.4) is 0 Å². The Bertz CT molecular complexity index is 441. The fraction of sp³-hybridized carbons (Fsp3) is 0.250. The van der Waals surface area contributed by atoms with E-state index in [2.05, 4.69) is 33.3 Å². The van der Waals surface area contributed by atoms with Gasteiger partial charge in [0.1, 0.15) is 0 Å². The lowest BCUT2D eigenvalue weighted by Gasteiger charge is -2.13. The normalized spacial score (nSPS) is 14.0. The van der Waals surface area contributed by atoms with Crippen LogP contribution in [0.15, 0.2) is 36.4 Å². The first kappa shape index (κ1) is 11.2. The molecule has 1 aliphatic heterocycles. The first-order chi connectivity index (χ1) is 7.43. The second kappa shape index (κ2) is 4.68. The summed E-state index contributed by atoms with van der Waals surface area (Å²) in [5.41, 5.74) is 3.55. The van der Waals surface area contributed by atoms with E-state index in [1.54, 1.807) is 0 Å². The van der Waals surface area contributed by atoms with Gasteiger partial charge in [-0.15, -0.1) is 12.4 Å². The van der Waals surface area contributed by atoms with Crippen LogP contribution in [0, 0.1) is 0 Å². The molecule has 4 heteroatoms. The Morgan fingerprint density at radius 1 is 1.19 bits per heavy atom. The van der Waals surface area contributed by atoms with Gasteiger partial charge in [-0.3, -0.25) is 4.68 Å². The molecule has 16 heavy (non-hydrogen) atoms. The van der Waals surface area contributed by atoms with Crippen molar-refractivity contribution in [3.05, 3.63) is 42.1 Å². The first-order valence-corrected chi connectivity index (χ1v) is 5.26. The summed E-state index contributed by atoms with van der Waals surface area (Å²) in [7, 11) is 0. The van der Waals surface area contributed by atoms with Crippen LogP contribution in [-0.2, 0) is 13.1 Å². The van der Waals surface area contributed by atoms with E-state index in [1.807, 2.05) is 18.2 Å². The van der Waals surface area contributed by atoms with Crippen molar-refractivity contribution in [1.29, 1.82) is 0 Å². The number of nitrogens with zero attached hydrogens (tertiary/aromatic N) is 2. The number of fused-ring (bicyclic) bond motifs is 1. The molecule has 0 atom stereocenters. The van der Waals surface area contributed by atoms with E-state index in [9.17, 15) is 0 Å². The molecular weight excluding hydrogens is 222 g/mol. The van der Waals surface area contributed by atoms with E-state index < -0.39 is 0 Å². The van der Waals surface area contributed by atoms with E-state index in [1.165, 1.54) is 11.3 Å². The molecule has 2 aromatic rings. The van der Waals surface area contributed by atoms with Crippen molar-refractivity contribution in [2.45, 2.75) is 13.1 Å². The number of benzene rings is 1. The molecule has 0 bridgehead atoms. The van der Waals surface area contributed by atoms with Crippen molar-refractivity contribution in [1.82, 2.24) is 15.1 Å². The Morgan fingerprint density at radius 2 is 2.00 bits per heavy atom. The topological polar surface area (TPSA) is 29.9 Å². The smallest absolute Gasteiger partial charge is 0.0926 e. The maximum atomic E-state index is 4.60. The summed E-state index contributed by atoms with van der Waals surface area (Å²) in [6.07, 6.45) is 0. The third kappa shape index (κ3) is 1.96. The predicted molar refractivity (Wildman–Crippen MR) is 66.6 cm³/mol. The molecule has 1 aliphatic rings. The quantitative estimate of drug-likeness (QED) is 0.820. The Morgan fingerprint density at radius 3 is 2.75 bits per heavy atom. The van der Waals surface area contributed by atoms with Crippen LogP contribution < -0.4 is 5.32 Å². The highest BCUT2D eigenvalue weighted by Crippen LogP contribution is 2.19. The highest BCUT2D eigenvalue weighted by atomic mass is 35.5. The van der Waals surface area contributed by atoms with Gasteiger partial charge in [-0.25, -0.2) is 0 Å². The van der Waals surface area contributed by atoms with Gasteiger partial charge >= 0.3 is 0 Å². The van der Waals surface area contributed by atoms with Gasteiger partial charge in [0.05, 0.1) is 17.9 Å². The Hall–Kier alpha value is -1.32. The molecule has 0 amide bonds. The molecule has 3 rings (SSSR count). The van der Waals surface area contributed by atoms with Crippen LogP contribution >= 0.6 is 12.4 Å². The second-order valence-corrected chi connectivity index (χ2v) is 3.79. The first-order valence-electron chi connectivity index (χ1n) is 5.26. The van der Waals surface area contributed by atoms with Crippen LogP contribution in [-0.4, -0.2) is 16.3 Å². The fourth-order valence-corrected chi connectivity index (χ4v) is 1.94. The number of halogens is 1. The van der Waals surface area contributed by atoms with Crippen molar-refractivity contribution >= 4 is 12.4 Å². The molecule has 3 nitrogen and oxygen atoms in total. The Kier molecular flexibility index (Phi) is 3.27. The molecule has 0 saturated heterocycles. The number of aromatic nitrogens is 2. The van der Waals surface area contributed by atoms with Crippen molar-refractivity contribution in [2.75, 3.05) is 6.54 Å². The second-order valence-electron chi connectivity index (χ2n) is 3.79. The highest BCUT2D eigenvalue weighted by molar-refractivity contribution is 5.85. The van der Waals surface area contributed by atoms with Gasteiger partial charge < -0.3 is 5.32 Å². The molecule has 0 fully saturated rings. The van der Waals surface area contributed by atoms with E-state index in [0.29, 0.717) is 0 Å². The third-order valence-electron chi connectivity index (χ3n) is 2.74. The zero-order valence-electron chi connectivity index (χ0n) is 8.89. The number of hydrogen-bond donors (Lipinski definition) is 1. The molecule has 0 saturated carbocycles. The summed E-state index contributed by atoms with van der Waals surface area (Å²) < 4.78 is 2.10. The Labute approximate surface area is 101 Å². The molecule has 0 spiro atoms. The minimum Gasteiger partial charge on any atom is -0.309 e. The number of rotatable bonds is 1. The van der Waals surface area contributed by atoms with E-state index in [0.717, 1.165) is 25.3 Å². The van der Waals surface area contributed by atoms with E-state index in [4.69, 9.17) is 0 Å². The standard InChI is InChI=1S/C12H13N3.ClH/c1-2-4-10(5-3-1)12-8-11-9-13-6-7-15(11)14-12;/h1-5,8,13H,6-7,9H2;1H. The third-order valence-corrected chi connectivity index (χ3v) is 2.74. The Balaban J connectivity index is 0.000000963. The summed E-state index contributed by atoms with van der Waals surface area (Å²) >= 11 is 0. The van der Waals surface area contributed by atoms with Crippen LogP contribution in [0.2, 0.25) is 0 Å². The number of hydrogen-bond acceptors (Lipinski definition) is 2. The lowest BCUT2D eigenvalue weighted by atomic mass is 10.1. The average molecular weight is 236 g/mol. The van der Waals surface area contributed by atoms with Gasteiger partial charge in [-0.05, 0) is 6.07 Å². The maximum Gasteiger partial charge on any atom is 0.0926 e. The van der Waals surface area contributed by atoms with Crippen molar-refractivity contribution in [2.24, 2.45) is 0 Å². The van der Waals surface area contributed by atoms with Crippen LogP contribution in [0.1, 0.15) is 5.69 Å². The molecule has 84 valence electrons. The van der Waals surface area contributed by atoms with Gasteiger partial charge in [0, 0.05) is 18.7 Å². The van der Waals surface area contributed by atoms with E-state index in [-0.39, 0.29) is 12.4 Å². The monoisotopic (exact) mass is 235 g/mol. The summed E-state index contributed by atoms with van der Waals surface area (Å²) in [6, 6.07) is 12.5. The zero-order chi connectivity index (χ0) is 10.1. The summed E-state index contributed by atoms with van der Waals surface area (Å²) in [5, 5.41) is 7.94. The molecule has 0 radical (unpaired) electrons. The van der Waals surface area contributed by atoms with Gasteiger partial charge in [-0.2, -0.15) is 5.10 Å². The van der Waals surface area contributed by atoms with Gasteiger partial charge in [-0.1, -0.05) is 30.3 Å². The molecule has 1 aromatic heterocycles. The van der Waals surface area contributed by atoms with Crippen LogP contribution in [0.25, 0.3) is 11.3 Å². The SMILES string of the molecule is Cl.c1ccc(-c2cc3n(n2)CCNC3)cc1. The summed E-state index contributed by atoms with van der Waals surface area (Å²) in [4.78, 5) is 0. The summed E-state index contributed by atoms with van der Waals surface area (Å²) in [5.74, 6) is 0. The fourth-order valence-electron chi connectivity index (χ4n) is 1.94. The number of nitrogens with one attached hydrogen (secondary N) is 1. The molecule has 1 N–H and O–H groups in total. The molecule has 0 aliphatic carbocycles. The van der Waals surface area contributed by atoms with Crippen molar-refractivity contribution in [3.8, 4) is 11.3 Å². The van der Waals surface area contributed by atoms with E-state index >= 15 is 0 Å². The molecule has 1 aromatic carbocycles. The molecule has 0 unspecified atom stereocenters. The van der Waals surface area contributed by atoms with Crippen molar-refractivity contribution < 1.29 is 0 Å². The minimum atomic E-state index is 0. The highest BCUT2D eigenvalue weighted by Gasteiger charge is 2.11. The van der Waals surface area contributed by atoms with Crippen molar-refractivity contribution in [3.63, 3.8) is 0 Å². The lowest BCUT2D eigenvalue weighted by molar-refractivity contribution is 0.476. The van der Waals surface area contributed by atoms with Gasteiger partial charge in [0.25, 0.3) is 0 Å². The summed E-state index contributed by atoms with van der Waals surface area (Å²) in [6.45, 7) is 2.92. The molecular formula is C12H14ClN3. The predicted octanol–water partition coefficient (Wildman–Crippen LogP) is 2.08. The van der Waals surface area contributed by atoms with Gasteiger partial charge in [0.15, 0.2) is 0 Å². The average Bonchev–Trinajstić information content (AvgIpc) is 2.74.